The molecule has 0 saturated carbocycles. The van der Waals surface area contributed by atoms with Crippen LogP contribution in [0.2, 0.25) is 0 Å². The molecule has 0 aliphatic rings. The van der Waals surface area contributed by atoms with Crippen molar-refractivity contribution in [2.75, 3.05) is 42.6 Å². The lowest BCUT2D eigenvalue weighted by molar-refractivity contribution is 0.311. The largest absolute Gasteiger partial charge is 0.464 e. The molecule has 0 aromatic carbocycles. The third kappa shape index (κ3) is 3.94. The van der Waals surface area contributed by atoms with Crippen LogP contribution in [0, 0.1) is 0 Å². The molecule has 0 N–H and O–H groups in total. The highest BCUT2D eigenvalue weighted by atomic mass is 16.5. The Hall–Kier alpha value is -1.59. The van der Waals surface area contributed by atoms with E-state index in [1.165, 1.54) is 0 Å². The number of ether oxygens (including phenoxy) is 1. The summed E-state index contributed by atoms with van der Waals surface area (Å²) in [6.45, 7) is 14.3. The monoisotopic (exact) mass is 267 g/mol. The van der Waals surface area contributed by atoms with Crippen LogP contribution >= 0.6 is 0 Å². The second-order valence-corrected chi connectivity index (χ2v) is 4.00. The Morgan fingerprint density at radius 2 is 1.16 bits per heavy atom. The molecule has 6 nitrogen and oxygen atoms in total. The molecule has 0 atom stereocenters. The third-order valence-electron chi connectivity index (χ3n) is 2.96. The van der Waals surface area contributed by atoms with Crippen molar-refractivity contribution in [1.82, 2.24) is 15.0 Å². The van der Waals surface area contributed by atoms with E-state index in [4.69, 9.17) is 4.74 Å². The molecule has 0 bridgehead atoms. The molecule has 0 aliphatic carbocycles. The zero-order valence-corrected chi connectivity index (χ0v) is 12.7. The topological polar surface area (TPSA) is 54.4 Å². The molecular weight excluding hydrogens is 242 g/mol. The van der Waals surface area contributed by atoms with Gasteiger partial charge in [0, 0.05) is 26.2 Å². The third-order valence-corrected chi connectivity index (χ3v) is 2.96. The second-order valence-electron chi connectivity index (χ2n) is 4.00. The van der Waals surface area contributed by atoms with Gasteiger partial charge in [-0.3, -0.25) is 0 Å². The first-order valence-corrected chi connectivity index (χ1v) is 7.08. The average molecular weight is 267 g/mol. The summed E-state index contributed by atoms with van der Waals surface area (Å²) in [6.07, 6.45) is 0. The van der Waals surface area contributed by atoms with Gasteiger partial charge in [-0.15, -0.1) is 0 Å². The first kappa shape index (κ1) is 15.5. The summed E-state index contributed by atoms with van der Waals surface area (Å²) in [6, 6.07) is 0.404. The zero-order chi connectivity index (χ0) is 14.3. The SMILES string of the molecule is CCOc1nc(N(CC)CC)nc(N(CC)CC)n1. The van der Waals surface area contributed by atoms with E-state index in [9.17, 15) is 0 Å². The number of anilines is 2. The summed E-state index contributed by atoms with van der Waals surface area (Å²) in [5, 5.41) is 0. The van der Waals surface area contributed by atoms with Gasteiger partial charge in [-0.05, 0) is 34.6 Å². The van der Waals surface area contributed by atoms with Crippen LogP contribution < -0.4 is 14.5 Å². The van der Waals surface area contributed by atoms with Crippen molar-refractivity contribution in [3.05, 3.63) is 0 Å². The first-order valence-electron chi connectivity index (χ1n) is 7.08. The van der Waals surface area contributed by atoms with Crippen molar-refractivity contribution < 1.29 is 4.74 Å². The van der Waals surface area contributed by atoms with Gasteiger partial charge < -0.3 is 14.5 Å². The fourth-order valence-electron chi connectivity index (χ4n) is 1.82. The maximum absolute atomic E-state index is 5.45. The summed E-state index contributed by atoms with van der Waals surface area (Å²) in [5.74, 6) is 1.37. The van der Waals surface area contributed by atoms with Crippen molar-refractivity contribution in [1.29, 1.82) is 0 Å². The number of nitrogens with zero attached hydrogens (tertiary/aromatic N) is 5. The number of aromatic nitrogens is 3. The van der Waals surface area contributed by atoms with Crippen LogP contribution in [0.3, 0.4) is 0 Å². The predicted molar refractivity (Wildman–Crippen MR) is 78.1 cm³/mol. The van der Waals surface area contributed by atoms with Crippen molar-refractivity contribution in [3.63, 3.8) is 0 Å². The molecule has 6 heteroatoms. The predicted octanol–water partition coefficient (Wildman–Crippen LogP) is 1.96. The molecule has 0 amide bonds. The standard InChI is InChI=1S/C13H25N5O/c1-6-17(7-2)11-14-12(18(8-3)9-4)16-13(15-11)19-10-5/h6-10H2,1-5H3. The van der Waals surface area contributed by atoms with Crippen LogP contribution in [-0.2, 0) is 0 Å². The van der Waals surface area contributed by atoms with Gasteiger partial charge in [0.25, 0.3) is 0 Å². The Labute approximate surface area is 115 Å². The average Bonchev–Trinajstić information content (AvgIpc) is 2.42. The lowest BCUT2D eigenvalue weighted by Crippen LogP contribution is -2.28. The molecule has 1 rings (SSSR count). The van der Waals surface area contributed by atoms with E-state index in [1.54, 1.807) is 0 Å². The number of hydrogen-bond donors (Lipinski definition) is 0. The van der Waals surface area contributed by atoms with Crippen LogP contribution in [-0.4, -0.2) is 47.7 Å². The summed E-state index contributed by atoms with van der Waals surface area (Å²) in [7, 11) is 0. The van der Waals surface area contributed by atoms with Gasteiger partial charge in [-0.25, -0.2) is 0 Å². The first-order chi connectivity index (χ1) is 9.19. The van der Waals surface area contributed by atoms with Gasteiger partial charge in [0.2, 0.25) is 11.9 Å². The molecule has 0 unspecified atom stereocenters. The molecule has 0 fully saturated rings. The Kier molecular flexibility index (Phi) is 6.32. The van der Waals surface area contributed by atoms with E-state index in [1.807, 2.05) is 6.92 Å². The summed E-state index contributed by atoms with van der Waals surface area (Å²) in [5.41, 5.74) is 0. The van der Waals surface area contributed by atoms with E-state index in [0.717, 1.165) is 26.2 Å². The minimum atomic E-state index is 0.404. The number of hydrogen-bond acceptors (Lipinski definition) is 6. The van der Waals surface area contributed by atoms with Gasteiger partial charge >= 0.3 is 6.01 Å². The number of rotatable bonds is 8. The lowest BCUT2D eigenvalue weighted by Gasteiger charge is -2.23. The Morgan fingerprint density at radius 1 is 0.737 bits per heavy atom. The Balaban J connectivity index is 3.16. The van der Waals surface area contributed by atoms with E-state index in [-0.39, 0.29) is 0 Å². The summed E-state index contributed by atoms with van der Waals surface area (Å²) < 4.78 is 5.45. The van der Waals surface area contributed by atoms with Crippen molar-refractivity contribution >= 4 is 11.9 Å². The molecule has 1 heterocycles. The summed E-state index contributed by atoms with van der Waals surface area (Å²) in [4.78, 5) is 17.5. The van der Waals surface area contributed by atoms with Crippen molar-refractivity contribution in [2.24, 2.45) is 0 Å². The van der Waals surface area contributed by atoms with Crippen molar-refractivity contribution in [3.8, 4) is 6.01 Å². The highest BCUT2D eigenvalue weighted by molar-refractivity contribution is 5.40. The second kappa shape index (κ2) is 7.76. The van der Waals surface area contributed by atoms with Gasteiger partial charge in [0.15, 0.2) is 0 Å². The molecule has 0 spiro atoms. The van der Waals surface area contributed by atoms with Crippen LogP contribution in [0.5, 0.6) is 6.01 Å². The molecule has 0 radical (unpaired) electrons. The van der Waals surface area contributed by atoms with Gasteiger partial charge in [0.1, 0.15) is 0 Å². The van der Waals surface area contributed by atoms with E-state index < -0.39 is 0 Å². The van der Waals surface area contributed by atoms with Gasteiger partial charge in [-0.2, -0.15) is 15.0 Å². The quantitative estimate of drug-likeness (QED) is 0.717. The van der Waals surface area contributed by atoms with Crippen LogP contribution in [0.15, 0.2) is 0 Å². The maximum Gasteiger partial charge on any atom is 0.323 e. The minimum absolute atomic E-state index is 0.404. The summed E-state index contributed by atoms with van der Waals surface area (Å²) >= 11 is 0. The van der Waals surface area contributed by atoms with E-state index in [2.05, 4.69) is 52.4 Å². The smallest absolute Gasteiger partial charge is 0.323 e. The zero-order valence-electron chi connectivity index (χ0n) is 12.7. The lowest BCUT2D eigenvalue weighted by atomic mass is 10.5. The molecule has 1 aromatic heterocycles. The Bertz CT molecular complexity index is 347. The highest BCUT2D eigenvalue weighted by Crippen LogP contribution is 2.17. The van der Waals surface area contributed by atoms with Crippen LogP contribution in [0.25, 0.3) is 0 Å². The molecular formula is C13H25N5O. The fraction of sp³-hybridized carbons (Fsp3) is 0.769. The fourth-order valence-corrected chi connectivity index (χ4v) is 1.82. The minimum Gasteiger partial charge on any atom is -0.464 e. The molecule has 19 heavy (non-hydrogen) atoms. The van der Waals surface area contributed by atoms with E-state index in [0.29, 0.717) is 24.5 Å². The molecule has 108 valence electrons. The van der Waals surface area contributed by atoms with Crippen LogP contribution in [0.4, 0.5) is 11.9 Å². The van der Waals surface area contributed by atoms with Crippen LogP contribution in [0.1, 0.15) is 34.6 Å². The molecule has 1 aromatic rings. The van der Waals surface area contributed by atoms with Gasteiger partial charge in [0.05, 0.1) is 6.61 Å². The molecule has 0 saturated heterocycles. The molecule has 0 aliphatic heterocycles. The van der Waals surface area contributed by atoms with Gasteiger partial charge in [-0.1, -0.05) is 0 Å². The normalized spacial score (nSPS) is 10.4. The highest BCUT2D eigenvalue weighted by Gasteiger charge is 2.14. The maximum atomic E-state index is 5.45. The Morgan fingerprint density at radius 3 is 1.47 bits per heavy atom. The van der Waals surface area contributed by atoms with Crippen molar-refractivity contribution in [2.45, 2.75) is 34.6 Å². The van der Waals surface area contributed by atoms with E-state index >= 15 is 0 Å².